The van der Waals surface area contributed by atoms with Crippen LogP contribution in [0, 0.1) is 13.8 Å². The van der Waals surface area contributed by atoms with Crippen molar-refractivity contribution in [1.29, 1.82) is 0 Å². The number of rotatable bonds is 5. The summed E-state index contributed by atoms with van der Waals surface area (Å²) in [6, 6.07) is 9.41. The minimum atomic E-state index is -0.344. The number of hydrogen-bond acceptors (Lipinski definition) is 5. The van der Waals surface area contributed by atoms with Crippen LogP contribution in [0.25, 0.3) is 5.65 Å². The molecule has 0 N–H and O–H groups in total. The maximum Gasteiger partial charge on any atom is 0.414 e. The number of aromatic nitrogens is 2. The van der Waals surface area contributed by atoms with Gasteiger partial charge in [0.1, 0.15) is 18.9 Å². The first-order valence-corrected chi connectivity index (χ1v) is 8.68. The van der Waals surface area contributed by atoms with Crippen LogP contribution in [0.4, 0.5) is 10.5 Å². The summed E-state index contributed by atoms with van der Waals surface area (Å²) in [5.74, 6) is 0.576. The molecular weight excluding hydrogens is 346 g/mol. The lowest BCUT2D eigenvalue weighted by Crippen LogP contribution is -2.25. The van der Waals surface area contributed by atoms with Crippen LogP contribution in [0.3, 0.4) is 0 Å². The minimum absolute atomic E-state index is 0.272. The number of ether oxygens (including phenoxy) is 2. The van der Waals surface area contributed by atoms with Crippen molar-refractivity contribution in [3.63, 3.8) is 0 Å². The third-order valence-corrected chi connectivity index (χ3v) is 4.76. The largest absolute Gasteiger partial charge is 0.485 e. The van der Waals surface area contributed by atoms with Gasteiger partial charge in [-0.2, -0.15) is 0 Å². The van der Waals surface area contributed by atoms with Gasteiger partial charge in [0.25, 0.3) is 0 Å². The van der Waals surface area contributed by atoms with Crippen LogP contribution >= 0.6 is 0 Å². The predicted octanol–water partition coefficient (Wildman–Crippen LogP) is 3.30. The third kappa shape index (κ3) is 2.91. The van der Waals surface area contributed by atoms with Gasteiger partial charge in [-0.3, -0.25) is 14.1 Å². The van der Waals surface area contributed by atoms with Crippen LogP contribution in [-0.4, -0.2) is 34.9 Å². The van der Waals surface area contributed by atoms with Crippen molar-refractivity contribution in [2.45, 2.75) is 20.5 Å². The summed E-state index contributed by atoms with van der Waals surface area (Å²) in [5, 5.41) is 0. The molecule has 3 heterocycles. The average Bonchev–Trinajstić information content (AvgIpc) is 3.22. The van der Waals surface area contributed by atoms with Crippen LogP contribution in [-0.2, 0) is 11.3 Å². The number of amides is 1. The Hall–Kier alpha value is -3.35. The van der Waals surface area contributed by atoms with E-state index in [1.165, 1.54) is 0 Å². The maximum atomic E-state index is 12.0. The van der Waals surface area contributed by atoms with Gasteiger partial charge in [-0.1, -0.05) is 12.1 Å². The summed E-state index contributed by atoms with van der Waals surface area (Å²) >= 11 is 0. The quantitative estimate of drug-likeness (QED) is 0.649. The summed E-state index contributed by atoms with van der Waals surface area (Å²) in [6.45, 7) is 4.95. The van der Waals surface area contributed by atoms with Gasteiger partial charge in [0.2, 0.25) is 0 Å². The standard InChI is InChI=1S/C20H19N3O4/c1-13-5-3-6-16(23-9-10-26-20(23)25)15(13)12-27-18-7-4-8-22-17(11-24)14(2)21-19(18)22/h3-8,11H,9-10,12H2,1-2H3. The molecule has 1 aliphatic rings. The zero-order chi connectivity index (χ0) is 19.0. The Morgan fingerprint density at radius 1 is 1.26 bits per heavy atom. The topological polar surface area (TPSA) is 73.1 Å². The highest BCUT2D eigenvalue weighted by atomic mass is 16.6. The van der Waals surface area contributed by atoms with Crippen molar-refractivity contribution in [2.75, 3.05) is 18.1 Å². The van der Waals surface area contributed by atoms with Gasteiger partial charge < -0.3 is 9.47 Å². The minimum Gasteiger partial charge on any atom is -0.485 e. The lowest BCUT2D eigenvalue weighted by molar-refractivity contribution is 0.111. The van der Waals surface area contributed by atoms with E-state index in [1.54, 1.807) is 22.4 Å². The predicted molar refractivity (Wildman–Crippen MR) is 99.5 cm³/mol. The van der Waals surface area contributed by atoms with E-state index in [-0.39, 0.29) is 12.7 Å². The van der Waals surface area contributed by atoms with Gasteiger partial charge in [0, 0.05) is 11.8 Å². The second kappa shape index (κ2) is 6.75. The van der Waals surface area contributed by atoms with Crippen LogP contribution < -0.4 is 9.64 Å². The molecule has 0 bridgehead atoms. The van der Waals surface area contributed by atoms with Crippen molar-refractivity contribution in [2.24, 2.45) is 0 Å². The van der Waals surface area contributed by atoms with Crippen molar-refractivity contribution in [1.82, 2.24) is 9.38 Å². The highest BCUT2D eigenvalue weighted by Crippen LogP contribution is 2.29. The number of imidazole rings is 1. The van der Waals surface area contributed by atoms with Crippen LogP contribution in [0.1, 0.15) is 27.3 Å². The number of pyridine rings is 1. The number of hydrogen-bond donors (Lipinski definition) is 0. The molecule has 1 saturated heterocycles. The molecule has 1 aromatic carbocycles. The van der Waals surface area contributed by atoms with Crippen molar-refractivity contribution >= 4 is 23.7 Å². The molecule has 3 aromatic rings. The first-order chi connectivity index (χ1) is 13.1. The van der Waals surface area contributed by atoms with Gasteiger partial charge in [-0.05, 0) is 37.6 Å². The number of nitrogens with zero attached hydrogens (tertiary/aromatic N) is 3. The fraction of sp³-hybridized carbons (Fsp3) is 0.250. The molecule has 27 heavy (non-hydrogen) atoms. The van der Waals surface area contributed by atoms with Crippen molar-refractivity contribution in [3.05, 3.63) is 59.0 Å². The molecule has 0 saturated carbocycles. The summed E-state index contributed by atoms with van der Waals surface area (Å²) < 4.78 is 12.8. The first-order valence-electron chi connectivity index (χ1n) is 8.68. The van der Waals surface area contributed by atoms with Gasteiger partial charge in [0.05, 0.1) is 17.9 Å². The third-order valence-electron chi connectivity index (χ3n) is 4.76. The number of fused-ring (bicyclic) bond motifs is 1. The second-order valence-corrected chi connectivity index (χ2v) is 6.39. The van der Waals surface area contributed by atoms with E-state index < -0.39 is 0 Å². The van der Waals surface area contributed by atoms with Crippen LogP contribution in [0.5, 0.6) is 5.75 Å². The fourth-order valence-corrected chi connectivity index (χ4v) is 3.32. The molecule has 7 nitrogen and oxygen atoms in total. The highest BCUT2D eigenvalue weighted by Gasteiger charge is 2.26. The summed E-state index contributed by atoms with van der Waals surface area (Å²) in [5.41, 5.74) is 4.47. The Bertz CT molecular complexity index is 1040. The maximum absolute atomic E-state index is 12.0. The smallest absolute Gasteiger partial charge is 0.414 e. The van der Waals surface area contributed by atoms with Gasteiger partial charge >= 0.3 is 6.09 Å². The number of anilines is 1. The molecule has 0 spiro atoms. The first kappa shape index (κ1) is 17.1. The van der Waals surface area contributed by atoms with E-state index in [0.717, 1.165) is 23.1 Å². The molecule has 138 valence electrons. The van der Waals surface area contributed by atoms with Crippen LogP contribution in [0.15, 0.2) is 36.5 Å². The second-order valence-electron chi connectivity index (χ2n) is 6.39. The molecule has 0 atom stereocenters. The number of carbonyl (C=O) groups is 2. The molecule has 0 aliphatic carbocycles. The molecule has 4 rings (SSSR count). The number of cyclic esters (lactones) is 1. The monoisotopic (exact) mass is 365 g/mol. The number of benzene rings is 1. The SMILES string of the molecule is Cc1cccc(N2CCOC2=O)c1COc1cccn2c(C=O)c(C)nc12. The molecule has 1 aliphatic heterocycles. The summed E-state index contributed by atoms with van der Waals surface area (Å²) in [7, 11) is 0. The van der Waals surface area contributed by atoms with E-state index in [9.17, 15) is 9.59 Å². The Labute approximate surface area is 156 Å². The Kier molecular flexibility index (Phi) is 4.27. The van der Waals surface area contributed by atoms with E-state index in [0.29, 0.717) is 35.9 Å². The van der Waals surface area contributed by atoms with Crippen molar-refractivity contribution < 1.29 is 19.1 Å². The van der Waals surface area contributed by atoms with Gasteiger partial charge in [-0.15, -0.1) is 0 Å². The molecule has 0 unspecified atom stereocenters. The molecule has 1 fully saturated rings. The molecular formula is C20H19N3O4. The van der Waals surface area contributed by atoms with E-state index in [2.05, 4.69) is 4.98 Å². The molecule has 2 aromatic heterocycles. The fourth-order valence-electron chi connectivity index (χ4n) is 3.32. The summed E-state index contributed by atoms with van der Waals surface area (Å²) in [4.78, 5) is 29.4. The van der Waals surface area contributed by atoms with E-state index >= 15 is 0 Å². The zero-order valence-corrected chi connectivity index (χ0v) is 15.1. The Morgan fingerprint density at radius 2 is 2.11 bits per heavy atom. The van der Waals surface area contributed by atoms with E-state index in [1.807, 2.05) is 37.3 Å². The number of carbonyl (C=O) groups excluding carboxylic acids is 2. The normalized spacial score (nSPS) is 13.9. The number of aldehydes is 1. The van der Waals surface area contributed by atoms with E-state index in [4.69, 9.17) is 9.47 Å². The molecule has 7 heteroatoms. The van der Waals surface area contributed by atoms with Gasteiger partial charge in [-0.25, -0.2) is 9.78 Å². The Morgan fingerprint density at radius 3 is 2.85 bits per heavy atom. The average molecular weight is 365 g/mol. The van der Waals surface area contributed by atoms with Gasteiger partial charge in [0.15, 0.2) is 17.7 Å². The number of aryl methyl sites for hydroxylation is 2. The van der Waals surface area contributed by atoms with Crippen LogP contribution in [0.2, 0.25) is 0 Å². The highest BCUT2D eigenvalue weighted by molar-refractivity contribution is 5.90. The molecule has 0 radical (unpaired) electrons. The molecule has 1 amide bonds. The lowest BCUT2D eigenvalue weighted by atomic mass is 10.1. The summed E-state index contributed by atoms with van der Waals surface area (Å²) in [6.07, 6.45) is 2.23. The van der Waals surface area contributed by atoms with Crippen molar-refractivity contribution in [3.8, 4) is 5.75 Å². The zero-order valence-electron chi connectivity index (χ0n) is 15.1. The lowest BCUT2D eigenvalue weighted by Gasteiger charge is -2.19. The Balaban J connectivity index is 1.68.